The molecule has 0 N–H and O–H groups in total. The highest BCUT2D eigenvalue weighted by Crippen LogP contribution is 2.11. The summed E-state index contributed by atoms with van der Waals surface area (Å²) in [6.45, 7) is 5.59. The summed E-state index contributed by atoms with van der Waals surface area (Å²) in [4.78, 5) is 11.2. The van der Waals surface area contributed by atoms with E-state index >= 15 is 0 Å². The van der Waals surface area contributed by atoms with E-state index in [0.29, 0.717) is 0 Å². The van der Waals surface area contributed by atoms with E-state index in [4.69, 9.17) is 9.47 Å². The van der Waals surface area contributed by atoms with Crippen LogP contribution in [-0.2, 0) is 9.47 Å². The van der Waals surface area contributed by atoms with Crippen LogP contribution in [0, 0.1) is 0 Å². The van der Waals surface area contributed by atoms with Gasteiger partial charge < -0.3 is 9.47 Å². The van der Waals surface area contributed by atoms with Gasteiger partial charge >= 0.3 is 6.16 Å². The molecule has 0 heterocycles. The van der Waals surface area contributed by atoms with E-state index in [1.807, 2.05) is 30.3 Å². The van der Waals surface area contributed by atoms with Gasteiger partial charge in [0.05, 0.1) is 0 Å². The molecule has 0 saturated heterocycles. The Morgan fingerprint density at radius 1 is 1.28 bits per heavy atom. The maximum Gasteiger partial charge on any atom is 0.509 e. The number of carbonyl (C=O) groups excluding carboxylic acids is 1. The van der Waals surface area contributed by atoms with Crippen molar-refractivity contribution < 1.29 is 14.3 Å². The molecule has 0 unspecified atom stereocenters. The molecule has 0 radical (unpaired) electrons. The number of rotatable bonds is 3. The Hall–Kier alpha value is -1.29. The Kier molecular flexibility index (Phi) is 5.41. The molecule has 98 valence electrons. The van der Waals surface area contributed by atoms with E-state index < -0.39 is 11.8 Å². The maximum atomic E-state index is 11.2. The topological polar surface area (TPSA) is 35.5 Å². The van der Waals surface area contributed by atoms with Gasteiger partial charge in [-0.3, -0.25) is 0 Å². The molecule has 3 nitrogen and oxygen atoms in total. The minimum absolute atomic E-state index is 0.199. The van der Waals surface area contributed by atoms with Crippen molar-refractivity contribution in [3.05, 3.63) is 40.4 Å². The molecule has 0 atom stereocenters. The molecule has 0 aliphatic rings. The van der Waals surface area contributed by atoms with E-state index in [0.717, 1.165) is 10.0 Å². The molecule has 0 fully saturated rings. The van der Waals surface area contributed by atoms with Gasteiger partial charge in [-0.25, -0.2) is 4.79 Å². The quantitative estimate of drug-likeness (QED) is 0.775. The van der Waals surface area contributed by atoms with Crippen molar-refractivity contribution in [2.45, 2.75) is 26.4 Å². The van der Waals surface area contributed by atoms with Crippen molar-refractivity contribution in [2.75, 3.05) is 6.61 Å². The molecule has 0 aromatic heterocycles. The lowest BCUT2D eigenvalue weighted by atomic mass is 10.2. The first-order chi connectivity index (χ1) is 8.37. The highest BCUT2D eigenvalue weighted by atomic mass is 79.9. The zero-order valence-corrected chi connectivity index (χ0v) is 12.4. The Morgan fingerprint density at radius 3 is 2.44 bits per heavy atom. The second-order valence-electron chi connectivity index (χ2n) is 4.73. The highest BCUT2D eigenvalue weighted by molar-refractivity contribution is 9.10. The van der Waals surface area contributed by atoms with Gasteiger partial charge in [-0.05, 0) is 44.5 Å². The number of hydrogen-bond acceptors (Lipinski definition) is 3. The maximum absolute atomic E-state index is 11.2. The van der Waals surface area contributed by atoms with Gasteiger partial charge in [0.1, 0.15) is 12.2 Å². The van der Waals surface area contributed by atoms with E-state index in [1.54, 1.807) is 26.8 Å². The summed E-state index contributed by atoms with van der Waals surface area (Å²) in [5, 5.41) is 0. The molecule has 0 aliphatic carbocycles. The molecular formula is C14H17BrO3. The second kappa shape index (κ2) is 6.59. The monoisotopic (exact) mass is 312 g/mol. The summed E-state index contributed by atoms with van der Waals surface area (Å²) in [6.07, 6.45) is 3.01. The third kappa shape index (κ3) is 6.45. The molecule has 0 aliphatic heterocycles. The SMILES string of the molecule is CC(C)(C)OC(=O)OCC=Cc1ccc(Br)cc1. The fourth-order valence-corrected chi connectivity index (χ4v) is 1.42. The summed E-state index contributed by atoms with van der Waals surface area (Å²) in [5.41, 5.74) is 0.526. The Labute approximate surface area is 116 Å². The van der Waals surface area contributed by atoms with Crippen LogP contribution in [0.1, 0.15) is 26.3 Å². The lowest BCUT2D eigenvalue weighted by molar-refractivity contribution is -0.00234. The predicted molar refractivity (Wildman–Crippen MR) is 75.4 cm³/mol. The summed E-state index contributed by atoms with van der Waals surface area (Å²) in [7, 11) is 0. The molecule has 4 heteroatoms. The zero-order valence-electron chi connectivity index (χ0n) is 10.8. The minimum Gasteiger partial charge on any atom is -0.430 e. The molecule has 0 spiro atoms. The fourth-order valence-electron chi connectivity index (χ4n) is 1.15. The molecule has 0 saturated carbocycles. The number of halogens is 1. The van der Waals surface area contributed by atoms with Gasteiger partial charge in [0, 0.05) is 4.47 Å². The molecule has 0 bridgehead atoms. The standard InChI is InChI=1S/C14H17BrO3/c1-14(2,3)18-13(16)17-10-4-5-11-6-8-12(15)9-7-11/h4-9H,10H2,1-3H3. The van der Waals surface area contributed by atoms with Gasteiger partial charge in [0.2, 0.25) is 0 Å². The Bertz CT molecular complexity index is 416. The van der Waals surface area contributed by atoms with Crippen LogP contribution >= 0.6 is 15.9 Å². The van der Waals surface area contributed by atoms with E-state index in [1.165, 1.54) is 0 Å². The van der Waals surface area contributed by atoms with E-state index in [2.05, 4.69) is 15.9 Å². The Morgan fingerprint density at radius 2 is 1.89 bits per heavy atom. The first-order valence-corrected chi connectivity index (χ1v) is 6.44. The number of carbonyl (C=O) groups is 1. The minimum atomic E-state index is -0.650. The fraction of sp³-hybridized carbons (Fsp3) is 0.357. The van der Waals surface area contributed by atoms with Gasteiger partial charge in [0.25, 0.3) is 0 Å². The summed E-state index contributed by atoms with van der Waals surface area (Å²) < 4.78 is 10.9. The van der Waals surface area contributed by atoms with E-state index in [-0.39, 0.29) is 6.61 Å². The average Bonchev–Trinajstić information content (AvgIpc) is 2.24. The van der Waals surface area contributed by atoms with Crippen LogP contribution in [0.15, 0.2) is 34.8 Å². The zero-order chi connectivity index (χ0) is 13.6. The van der Waals surface area contributed by atoms with Crippen molar-refractivity contribution in [3.8, 4) is 0 Å². The summed E-state index contributed by atoms with van der Waals surface area (Å²) in [5.74, 6) is 0. The third-order valence-corrected chi connectivity index (χ3v) is 2.40. The number of benzene rings is 1. The van der Waals surface area contributed by atoms with Crippen molar-refractivity contribution in [1.82, 2.24) is 0 Å². The molecule has 1 rings (SSSR count). The number of hydrogen-bond donors (Lipinski definition) is 0. The van der Waals surface area contributed by atoms with Gasteiger partial charge in [-0.1, -0.05) is 34.1 Å². The smallest absolute Gasteiger partial charge is 0.430 e. The van der Waals surface area contributed by atoms with Crippen molar-refractivity contribution in [3.63, 3.8) is 0 Å². The lowest BCUT2D eigenvalue weighted by Crippen LogP contribution is -2.24. The first-order valence-electron chi connectivity index (χ1n) is 5.65. The predicted octanol–water partition coefficient (Wildman–Crippen LogP) is 4.41. The van der Waals surface area contributed by atoms with Crippen molar-refractivity contribution >= 4 is 28.2 Å². The van der Waals surface area contributed by atoms with Crippen molar-refractivity contribution in [2.24, 2.45) is 0 Å². The molecule has 18 heavy (non-hydrogen) atoms. The molecular weight excluding hydrogens is 296 g/mol. The second-order valence-corrected chi connectivity index (χ2v) is 5.65. The normalized spacial score (nSPS) is 11.6. The van der Waals surface area contributed by atoms with Crippen LogP contribution in [0.3, 0.4) is 0 Å². The van der Waals surface area contributed by atoms with Crippen LogP contribution < -0.4 is 0 Å². The molecule has 1 aromatic carbocycles. The van der Waals surface area contributed by atoms with E-state index in [9.17, 15) is 4.79 Å². The first kappa shape index (κ1) is 14.8. The highest BCUT2D eigenvalue weighted by Gasteiger charge is 2.16. The van der Waals surface area contributed by atoms with Crippen LogP contribution in [0.4, 0.5) is 4.79 Å². The molecule has 1 aromatic rings. The van der Waals surface area contributed by atoms with Crippen LogP contribution in [0.5, 0.6) is 0 Å². The van der Waals surface area contributed by atoms with Gasteiger partial charge in [0.15, 0.2) is 0 Å². The van der Waals surface area contributed by atoms with Crippen LogP contribution in [-0.4, -0.2) is 18.4 Å². The van der Waals surface area contributed by atoms with Crippen LogP contribution in [0.2, 0.25) is 0 Å². The average molecular weight is 313 g/mol. The Balaban J connectivity index is 2.33. The number of ether oxygens (including phenoxy) is 2. The van der Waals surface area contributed by atoms with Gasteiger partial charge in [-0.15, -0.1) is 0 Å². The van der Waals surface area contributed by atoms with Gasteiger partial charge in [-0.2, -0.15) is 0 Å². The van der Waals surface area contributed by atoms with Crippen LogP contribution in [0.25, 0.3) is 6.08 Å². The molecule has 0 amide bonds. The van der Waals surface area contributed by atoms with Crippen molar-refractivity contribution in [1.29, 1.82) is 0 Å². The third-order valence-electron chi connectivity index (χ3n) is 1.87. The lowest BCUT2D eigenvalue weighted by Gasteiger charge is -2.18. The summed E-state index contributed by atoms with van der Waals surface area (Å²) in [6, 6.07) is 7.84. The largest absolute Gasteiger partial charge is 0.509 e. The summed E-state index contributed by atoms with van der Waals surface area (Å²) >= 11 is 3.36.